The van der Waals surface area contributed by atoms with Crippen LogP contribution in [0.5, 0.6) is 0 Å². The van der Waals surface area contributed by atoms with Crippen LogP contribution in [-0.4, -0.2) is 16.8 Å². The van der Waals surface area contributed by atoms with Gasteiger partial charge in [-0.15, -0.1) is 0 Å². The minimum absolute atomic E-state index is 0.0204. The number of benzene rings is 2. The van der Waals surface area contributed by atoms with Crippen molar-refractivity contribution in [3.8, 4) is 0 Å². The van der Waals surface area contributed by atoms with Gasteiger partial charge in [0.05, 0.1) is 6.54 Å². The Morgan fingerprint density at radius 3 is 2.52 bits per heavy atom. The van der Waals surface area contributed by atoms with E-state index in [2.05, 4.69) is 35.1 Å². The molecule has 1 saturated heterocycles. The number of carbonyl (C=O) groups is 2. The van der Waals surface area contributed by atoms with Crippen molar-refractivity contribution in [3.05, 3.63) is 79.6 Å². The Morgan fingerprint density at radius 2 is 1.84 bits per heavy atom. The first-order valence-corrected chi connectivity index (χ1v) is 10.9. The third-order valence-electron chi connectivity index (χ3n) is 5.85. The molecule has 0 saturated carbocycles. The van der Waals surface area contributed by atoms with Gasteiger partial charge in [0.25, 0.3) is 5.91 Å². The van der Waals surface area contributed by atoms with Gasteiger partial charge < -0.3 is 9.73 Å². The highest BCUT2D eigenvalue weighted by Crippen LogP contribution is 2.35. The Balaban J connectivity index is 1.78. The van der Waals surface area contributed by atoms with E-state index in [1.54, 1.807) is 13.0 Å². The monoisotopic (exact) mass is 482 g/mol. The number of aryl methyl sites for hydroxylation is 1. The molecule has 3 amide bonds. The summed E-state index contributed by atoms with van der Waals surface area (Å²) in [7, 11) is 0. The number of hydrogen-bond acceptors (Lipinski definition) is 4. The summed E-state index contributed by atoms with van der Waals surface area (Å²) < 4.78 is 6.13. The molecule has 1 unspecified atom stereocenters. The summed E-state index contributed by atoms with van der Waals surface area (Å²) in [6.45, 7) is 7.82. The lowest BCUT2D eigenvalue weighted by Crippen LogP contribution is -2.41. The molecule has 4 rings (SSSR count). The largest absolute Gasteiger partial charge is 0.423 e. The Hall–Kier alpha value is -2.93. The van der Waals surface area contributed by atoms with Crippen molar-refractivity contribution in [3.63, 3.8) is 0 Å². The third kappa shape index (κ3) is 3.57. The molecule has 1 aliphatic rings. The smallest absolute Gasteiger partial charge is 0.336 e. The summed E-state index contributed by atoms with van der Waals surface area (Å²) in [5.41, 5.74) is 2.13. The van der Waals surface area contributed by atoms with Gasteiger partial charge in [0.2, 0.25) is 0 Å². The summed E-state index contributed by atoms with van der Waals surface area (Å²) in [6, 6.07) is 12.0. The van der Waals surface area contributed by atoms with E-state index in [0.717, 1.165) is 25.9 Å². The van der Waals surface area contributed by atoms with Gasteiger partial charge in [0, 0.05) is 21.5 Å². The van der Waals surface area contributed by atoms with Crippen LogP contribution in [-0.2, 0) is 16.9 Å². The second-order valence-electron chi connectivity index (χ2n) is 8.38. The molecule has 2 aromatic carbocycles. The van der Waals surface area contributed by atoms with Gasteiger partial charge in [-0.1, -0.05) is 48.0 Å². The normalized spacial score (nSPS) is 18.8. The molecule has 1 aromatic heterocycles. The molecule has 0 spiro atoms. The van der Waals surface area contributed by atoms with Crippen LogP contribution in [0.1, 0.15) is 48.9 Å². The zero-order chi connectivity index (χ0) is 22.5. The lowest BCUT2D eigenvalue weighted by molar-refractivity contribution is -0.131. The molecular formula is C24H23BrN2O4. The summed E-state index contributed by atoms with van der Waals surface area (Å²) in [4.78, 5) is 39.5. The van der Waals surface area contributed by atoms with E-state index in [9.17, 15) is 14.4 Å². The van der Waals surface area contributed by atoms with Crippen LogP contribution in [0, 0.1) is 6.92 Å². The van der Waals surface area contributed by atoms with Crippen LogP contribution < -0.4 is 10.9 Å². The molecule has 7 heteroatoms. The highest BCUT2D eigenvalue weighted by molar-refractivity contribution is 9.10. The zero-order valence-electron chi connectivity index (χ0n) is 17.8. The first-order chi connectivity index (χ1) is 14.6. The highest BCUT2D eigenvalue weighted by Gasteiger charge is 2.49. The number of nitrogens with one attached hydrogen (secondary N) is 1. The molecule has 0 bridgehead atoms. The Bertz CT molecular complexity index is 1280. The zero-order valence-corrected chi connectivity index (χ0v) is 19.4. The van der Waals surface area contributed by atoms with Gasteiger partial charge in [0.15, 0.2) is 0 Å². The van der Waals surface area contributed by atoms with Crippen LogP contribution >= 0.6 is 15.9 Å². The van der Waals surface area contributed by atoms with E-state index in [0.29, 0.717) is 16.7 Å². The molecule has 0 aliphatic carbocycles. The standard InChI is InChI=1S/C24H23BrN2O4/c1-13(2)16-11-17-15(10-21(28)31-20(17)9-14(16)3)12-27-22(29)24(4,26-23(27)30)18-7-5-6-8-19(18)25/h5-11,13H,12H2,1-4H3,(H,26,30). The van der Waals surface area contributed by atoms with Crippen LogP contribution in [0.25, 0.3) is 11.0 Å². The number of imide groups is 1. The Kier molecular flexibility index (Phi) is 5.25. The fraction of sp³-hybridized carbons (Fsp3) is 0.292. The molecule has 0 radical (unpaired) electrons. The van der Waals surface area contributed by atoms with Crippen molar-refractivity contribution >= 4 is 38.8 Å². The minimum Gasteiger partial charge on any atom is -0.423 e. The third-order valence-corrected chi connectivity index (χ3v) is 6.55. The molecule has 1 N–H and O–H groups in total. The van der Waals surface area contributed by atoms with E-state index < -0.39 is 17.2 Å². The van der Waals surface area contributed by atoms with Crippen molar-refractivity contribution < 1.29 is 14.0 Å². The van der Waals surface area contributed by atoms with E-state index in [1.807, 2.05) is 37.3 Å². The number of carbonyl (C=O) groups excluding carboxylic acids is 2. The molecular weight excluding hydrogens is 460 g/mol. The quantitative estimate of drug-likeness (QED) is 0.421. The van der Waals surface area contributed by atoms with E-state index in [-0.39, 0.29) is 18.4 Å². The molecule has 6 nitrogen and oxygen atoms in total. The second kappa shape index (κ2) is 7.64. The number of amides is 3. The van der Waals surface area contributed by atoms with E-state index in [4.69, 9.17) is 4.42 Å². The number of hydrogen-bond donors (Lipinski definition) is 1. The van der Waals surface area contributed by atoms with Crippen LogP contribution in [0.15, 0.2) is 56.1 Å². The molecule has 2 heterocycles. The number of rotatable bonds is 4. The van der Waals surface area contributed by atoms with Crippen LogP contribution in [0.3, 0.4) is 0 Å². The second-order valence-corrected chi connectivity index (χ2v) is 9.23. The lowest BCUT2D eigenvalue weighted by atomic mass is 9.92. The van der Waals surface area contributed by atoms with Crippen molar-refractivity contribution in [1.82, 2.24) is 10.2 Å². The predicted octanol–water partition coefficient (Wildman–Crippen LogP) is 4.95. The van der Waals surface area contributed by atoms with Gasteiger partial charge in [-0.3, -0.25) is 9.69 Å². The number of nitrogens with zero attached hydrogens (tertiary/aromatic N) is 1. The average Bonchev–Trinajstić information content (AvgIpc) is 2.91. The fourth-order valence-electron chi connectivity index (χ4n) is 4.20. The molecule has 160 valence electrons. The maximum Gasteiger partial charge on any atom is 0.336 e. The fourth-order valence-corrected chi connectivity index (χ4v) is 4.89. The van der Waals surface area contributed by atoms with Gasteiger partial charge in [-0.05, 0) is 54.7 Å². The topological polar surface area (TPSA) is 79.6 Å². The van der Waals surface area contributed by atoms with Crippen molar-refractivity contribution in [1.29, 1.82) is 0 Å². The minimum atomic E-state index is -1.20. The van der Waals surface area contributed by atoms with Gasteiger partial charge in [-0.25, -0.2) is 9.59 Å². The van der Waals surface area contributed by atoms with Gasteiger partial charge >= 0.3 is 11.7 Å². The molecule has 31 heavy (non-hydrogen) atoms. The molecule has 1 aliphatic heterocycles. The first-order valence-electron chi connectivity index (χ1n) is 10.1. The Morgan fingerprint density at radius 1 is 1.13 bits per heavy atom. The van der Waals surface area contributed by atoms with E-state index in [1.165, 1.54) is 6.07 Å². The van der Waals surface area contributed by atoms with Crippen LogP contribution in [0.4, 0.5) is 4.79 Å². The van der Waals surface area contributed by atoms with E-state index >= 15 is 0 Å². The van der Waals surface area contributed by atoms with Gasteiger partial charge in [-0.2, -0.15) is 0 Å². The van der Waals surface area contributed by atoms with Crippen molar-refractivity contribution in [2.75, 3.05) is 0 Å². The highest BCUT2D eigenvalue weighted by atomic mass is 79.9. The number of halogens is 1. The predicted molar refractivity (Wildman–Crippen MR) is 122 cm³/mol. The number of fused-ring (bicyclic) bond motifs is 1. The van der Waals surface area contributed by atoms with Crippen molar-refractivity contribution in [2.45, 2.75) is 45.7 Å². The number of urea groups is 1. The SMILES string of the molecule is Cc1cc2oc(=O)cc(CN3C(=O)NC(C)(c4ccccc4Br)C3=O)c2cc1C(C)C. The summed E-state index contributed by atoms with van der Waals surface area (Å²) >= 11 is 3.47. The average molecular weight is 483 g/mol. The molecule has 1 atom stereocenters. The molecule has 3 aromatic rings. The maximum absolute atomic E-state index is 13.4. The van der Waals surface area contributed by atoms with Crippen LogP contribution in [0.2, 0.25) is 0 Å². The maximum atomic E-state index is 13.4. The van der Waals surface area contributed by atoms with Crippen molar-refractivity contribution in [2.24, 2.45) is 0 Å². The van der Waals surface area contributed by atoms with Gasteiger partial charge in [0.1, 0.15) is 11.1 Å². The summed E-state index contributed by atoms with van der Waals surface area (Å²) in [5.74, 6) is -0.0957. The Labute approximate surface area is 188 Å². The first kappa shape index (κ1) is 21.3. The summed E-state index contributed by atoms with van der Waals surface area (Å²) in [6.07, 6.45) is 0. The molecule has 1 fully saturated rings. The summed E-state index contributed by atoms with van der Waals surface area (Å²) in [5, 5.41) is 3.54. The lowest BCUT2D eigenvalue weighted by Gasteiger charge is -2.23.